The van der Waals surface area contributed by atoms with Gasteiger partial charge in [0, 0.05) is 25.0 Å². The number of hydrogen-bond acceptors (Lipinski definition) is 5. The molecule has 0 saturated carbocycles. The molecular weight excluding hydrogens is 328 g/mol. The van der Waals surface area contributed by atoms with Crippen LogP contribution in [0.1, 0.15) is 35.4 Å². The van der Waals surface area contributed by atoms with E-state index < -0.39 is 0 Å². The van der Waals surface area contributed by atoms with Crippen LogP contribution in [0.5, 0.6) is 0 Å². The molecule has 2 aliphatic rings. The highest BCUT2D eigenvalue weighted by Crippen LogP contribution is 2.37. The van der Waals surface area contributed by atoms with Gasteiger partial charge in [-0.05, 0) is 50.5 Å². The highest BCUT2D eigenvalue weighted by atomic mass is 16.5. The quantitative estimate of drug-likeness (QED) is 0.918. The summed E-state index contributed by atoms with van der Waals surface area (Å²) in [5.74, 6) is 0.912. The van der Waals surface area contributed by atoms with Crippen LogP contribution in [0.4, 0.5) is 5.82 Å². The van der Waals surface area contributed by atoms with Crippen LogP contribution in [0.25, 0.3) is 0 Å². The van der Waals surface area contributed by atoms with Crippen molar-refractivity contribution in [1.82, 2.24) is 15.3 Å². The fraction of sp³-hybridized carbons (Fsp3) is 0.450. The summed E-state index contributed by atoms with van der Waals surface area (Å²) in [4.78, 5) is 23.3. The molecule has 4 heterocycles. The van der Waals surface area contributed by atoms with Gasteiger partial charge in [-0.2, -0.15) is 0 Å². The third-order valence-electron chi connectivity index (χ3n) is 5.31. The van der Waals surface area contributed by atoms with Crippen molar-refractivity contribution in [3.05, 3.63) is 54.0 Å². The number of aromatic nitrogens is 2. The average molecular weight is 352 g/mol. The highest BCUT2D eigenvalue weighted by Gasteiger charge is 2.43. The van der Waals surface area contributed by atoms with E-state index in [1.807, 2.05) is 19.1 Å². The predicted molar refractivity (Wildman–Crippen MR) is 99.2 cm³/mol. The standard InChI is InChI=1S/C20H24N4O2/c1-15-5-4-7-18(22-15)24-11-8-20(9-12-24)13-16(14-26-20)23-19(25)17-6-2-3-10-21-17/h2-7,10,16H,8-9,11-14H2,1H3,(H,23,25)/t16-/m0/s1. The Morgan fingerprint density at radius 1 is 1.23 bits per heavy atom. The molecule has 136 valence electrons. The van der Waals surface area contributed by atoms with Crippen molar-refractivity contribution in [2.24, 2.45) is 0 Å². The number of nitrogens with one attached hydrogen (secondary N) is 1. The molecular formula is C20H24N4O2. The molecule has 2 fully saturated rings. The maximum atomic E-state index is 12.3. The van der Waals surface area contributed by atoms with E-state index in [4.69, 9.17) is 4.74 Å². The Morgan fingerprint density at radius 2 is 2.08 bits per heavy atom. The Bertz CT molecular complexity index is 772. The van der Waals surface area contributed by atoms with E-state index in [9.17, 15) is 4.79 Å². The minimum atomic E-state index is -0.127. The zero-order valence-electron chi connectivity index (χ0n) is 15.0. The number of anilines is 1. The fourth-order valence-electron chi connectivity index (χ4n) is 3.89. The number of piperidine rings is 1. The van der Waals surface area contributed by atoms with Crippen LogP contribution in [0.15, 0.2) is 42.6 Å². The van der Waals surface area contributed by atoms with E-state index in [0.29, 0.717) is 12.3 Å². The zero-order chi connectivity index (χ0) is 18.0. The van der Waals surface area contributed by atoms with Crippen LogP contribution >= 0.6 is 0 Å². The van der Waals surface area contributed by atoms with Gasteiger partial charge in [-0.25, -0.2) is 4.98 Å². The molecule has 2 aromatic rings. The lowest BCUT2D eigenvalue weighted by Crippen LogP contribution is -2.45. The Morgan fingerprint density at radius 3 is 2.81 bits per heavy atom. The van der Waals surface area contributed by atoms with Crippen LogP contribution in [0.3, 0.4) is 0 Å². The third kappa shape index (κ3) is 3.55. The lowest BCUT2D eigenvalue weighted by Gasteiger charge is -2.39. The summed E-state index contributed by atoms with van der Waals surface area (Å²) in [6.07, 6.45) is 4.41. The molecule has 6 nitrogen and oxygen atoms in total. The van der Waals surface area contributed by atoms with E-state index in [0.717, 1.165) is 43.9 Å². The highest BCUT2D eigenvalue weighted by molar-refractivity contribution is 5.92. The lowest BCUT2D eigenvalue weighted by atomic mass is 9.87. The molecule has 2 aromatic heterocycles. The van der Waals surface area contributed by atoms with Gasteiger partial charge in [-0.3, -0.25) is 9.78 Å². The number of amides is 1. The minimum Gasteiger partial charge on any atom is -0.373 e. The molecule has 6 heteroatoms. The molecule has 0 aliphatic carbocycles. The van der Waals surface area contributed by atoms with Gasteiger partial charge in [-0.15, -0.1) is 0 Å². The summed E-state index contributed by atoms with van der Waals surface area (Å²) >= 11 is 0. The van der Waals surface area contributed by atoms with Crippen molar-refractivity contribution in [1.29, 1.82) is 0 Å². The number of aryl methyl sites for hydroxylation is 1. The Hall–Kier alpha value is -2.47. The van der Waals surface area contributed by atoms with Crippen molar-refractivity contribution in [3.8, 4) is 0 Å². The fourth-order valence-corrected chi connectivity index (χ4v) is 3.89. The van der Waals surface area contributed by atoms with Crippen molar-refractivity contribution in [3.63, 3.8) is 0 Å². The van der Waals surface area contributed by atoms with E-state index in [-0.39, 0.29) is 17.6 Å². The smallest absolute Gasteiger partial charge is 0.270 e. The summed E-state index contributed by atoms with van der Waals surface area (Å²) in [5, 5.41) is 3.06. The number of ether oxygens (including phenoxy) is 1. The number of rotatable bonds is 3. The summed E-state index contributed by atoms with van der Waals surface area (Å²) in [6.45, 7) is 4.44. The van der Waals surface area contributed by atoms with Crippen molar-refractivity contribution >= 4 is 11.7 Å². The summed E-state index contributed by atoms with van der Waals surface area (Å²) in [7, 11) is 0. The lowest BCUT2D eigenvalue weighted by molar-refractivity contribution is -0.0150. The molecule has 1 N–H and O–H groups in total. The van der Waals surface area contributed by atoms with Crippen LogP contribution in [-0.4, -0.2) is 47.2 Å². The first-order chi connectivity index (χ1) is 12.6. The maximum Gasteiger partial charge on any atom is 0.270 e. The largest absolute Gasteiger partial charge is 0.373 e. The molecule has 1 atom stereocenters. The van der Waals surface area contributed by atoms with E-state index in [1.54, 1.807) is 18.3 Å². The molecule has 4 rings (SSSR count). The first-order valence-electron chi connectivity index (χ1n) is 9.18. The second-order valence-corrected chi connectivity index (χ2v) is 7.21. The number of carbonyl (C=O) groups excluding carboxylic acids is 1. The Balaban J connectivity index is 1.33. The van der Waals surface area contributed by atoms with Crippen molar-refractivity contribution in [2.75, 3.05) is 24.6 Å². The SMILES string of the molecule is Cc1cccc(N2CCC3(CC2)C[C@H](NC(=O)c2ccccn2)CO3)n1. The summed E-state index contributed by atoms with van der Waals surface area (Å²) < 4.78 is 6.16. The molecule has 0 bridgehead atoms. The van der Waals surface area contributed by atoms with Gasteiger partial charge in [-0.1, -0.05) is 12.1 Å². The van der Waals surface area contributed by atoms with Gasteiger partial charge in [0.25, 0.3) is 5.91 Å². The molecule has 2 aliphatic heterocycles. The Kier molecular flexibility index (Phi) is 4.59. The minimum absolute atomic E-state index is 0.0492. The average Bonchev–Trinajstić information content (AvgIpc) is 3.05. The summed E-state index contributed by atoms with van der Waals surface area (Å²) in [5.41, 5.74) is 1.37. The number of pyridine rings is 2. The molecule has 2 saturated heterocycles. The molecule has 0 unspecified atom stereocenters. The molecule has 0 aromatic carbocycles. The van der Waals surface area contributed by atoms with Crippen molar-refractivity contribution in [2.45, 2.75) is 37.8 Å². The maximum absolute atomic E-state index is 12.3. The monoisotopic (exact) mass is 352 g/mol. The van der Waals surface area contributed by atoms with Gasteiger partial charge in [0.2, 0.25) is 0 Å². The van der Waals surface area contributed by atoms with Crippen molar-refractivity contribution < 1.29 is 9.53 Å². The number of hydrogen-bond donors (Lipinski definition) is 1. The number of carbonyl (C=O) groups is 1. The van der Waals surface area contributed by atoms with Crippen LogP contribution < -0.4 is 10.2 Å². The molecule has 1 amide bonds. The van der Waals surface area contributed by atoms with Gasteiger partial charge in [0.15, 0.2) is 0 Å². The molecule has 0 radical (unpaired) electrons. The van der Waals surface area contributed by atoms with E-state index in [2.05, 4.69) is 32.3 Å². The topological polar surface area (TPSA) is 67.4 Å². The van der Waals surface area contributed by atoms with E-state index in [1.165, 1.54) is 0 Å². The third-order valence-corrected chi connectivity index (χ3v) is 5.31. The molecule has 26 heavy (non-hydrogen) atoms. The Labute approximate surface area is 153 Å². The first-order valence-corrected chi connectivity index (χ1v) is 9.18. The van der Waals surface area contributed by atoms with Crippen LogP contribution in [0.2, 0.25) is 0 Å². The van der Waals surface area contributed by atoms with Gasteiger partial charge in [0.1, 0.15) is 11.5 Å². The van der Waals surface area contributed by atoms with Gasteiger partial charge >= 0.3 is 0 Å². The van der Waals surface area contributed by atoms with Gasteiger partial charge in [0.05, 0.1) is 18.2 Å². The van der Waals surface area contributed by atoms with Crippen LogP contribution in [-0.2, 0) is 4.74 Å². The second-order valence-electron chi connectivity index (χ2n) is 7.21. The predicted octanol–water partition coefficient (Wildman–Crippen LogP) is 2.34. The first kappa shape index (κ1) is 17.0. The summed E-state index contributed by atoms with van der Waals surface area (Å²) in [6, 6.07) is 11.5. The second kappa shape index (κ2) is 7.03. The van der Waals surface area contributed by atoms with Crippen LogP contribution in [0, 0.1) is 6.92 Å². The normalized spacial score (nSPS) is 21.7. The number of nitrogens with zero attached hydrogens (tertiary/aromatic N) is 3. The molecule has 1 spiro atoms. The zero-order valence-corrected chi connectivity index (χ0v) is 15.0. The van der Waals surface area contributed by atoms with Gasteiger partial charge < -0.3 is 15.0 Å². The van der Waals surface area contributed by atoms with E-state index >= 15 is 0 Å².